The van der Waals surface area contributed by atoms with Gasteiger partial charge in [0.15, 0.2) is 0 Å². The van der Waals surface area contributed by atoms with E-state index >= 15 is 0 Å². The van der Waals surface area contributed by atoms with Gasteiger partial charge in [-0.3, -0.25) is 4.79 Å². The smallest absolute Gasteiger partial charge is 0.416 e. The van der Waals surface area contributed by atoms with E-state index in [9.17, 15) is 22.8 Å². The van der Waals surface area contributed by atoms with Crippen molar-refractivity contribution in [1.29, 1.82) is 0 Å². The molecule has 1 amide bonds. The summed E-state index contributed by atoms with van der Waals surface area (Å²) in [6, 6.07) is 13.0. The van der Waals surface area contributed by atoms with Crippen molar-refractivity contribution in [2.75, 3.05) is 50.7 Å². The Morgan fingerprint density at radius 2 is 1.69 bits per heavy atom. The molecule has 0 radical (unpaired) electrons. The first-order chi connectivity index (χ1) is 18.6. The normalized spacial score (nSPS) is 20.1. The van der Waals surface area contributed by atoms with Crippen LogP contribution in [0.1, 0.15) is 30.9 Å². The highest BCUT2D eigenvalue weighted by Gasteiger charge is 2.51. The predicted octanol–water partition coefficient (Wildman–Crippen LogP) is 4.96. The maximum Gasteiger partial charge on any atom is 0.416 e. The van der Waals surface area contributed by atoms with E-state index in [-0.39, 0.29) is 5.91 Å². The molecule has 3 aliphatic rings. The lowest BCUT2D eigenvalue weighted by molar-refractivity contribution is -0.151. The molecule has 2 fully saturated rings. The van der Waals surface area contributed by atoms with Gasteiger partial charge in [-0.25, -0.2) is 4.79 Å². The zero-order valence-corrected chi connectivity index (χ0v) is 22.5. The minimum absolute atomic E-state index is 0.214. The molecule has 208 valence electrons. The Balaban J connectivity index is 1.21. The van der Waals surface area contributed by atoms with Crippen molar-refractivity contribution in [3.05, 3.63) is 75.8 Å². The van der Waals surface area contributed by atoms with Crippen molar-refractivity contribution in [3.8, 4) is 0 Å². The van der Waals surface area contributed by atoms with Crippen molar-refractivity contribution in [1.82, 2.24) is 9.80 Å². The number of carbonyl (C=O) groups excluding carboxylic acids is 2. The number of piperazine rings is 1. The Kier molecular flexibility index (Phi) is 7.66. The van der Waals surface area contributed by atoms with Gasteiger partial charge in [0.2, 0.25) is 0 Å². The maximum atomic E-state index is 13.7. The predicted molar refractivity (Wildman–Crippen MR) is 143 cm³/mol. The summed E-state index contributed by atoms with van der Waals surface area (Å²) in [6.45, 7) is 5.38. The lowest BCUT2D eigenvalue weighted by Crippen LogP contribution is -2.53. The van der Waals surface area contributed by atoms with E-state index in [0.717, 1.165) is 30.7 Å². The minimum Gasteiger partial charge on any atom is -0.450 e. The molecule has 10 heteroatoms. The van der Waals surface area contributed by atoms with E-state index < -0.39 is 23.3 Å². The Labute approximate surface area is 231 Å². The number of likely N-dealkylation sites (tertiary alicyclic amines) is 1. The summed E-state index contributed by atoms with van der Waals surface area (Å²) >= 11 is 6.10. The molecule has 2 aromatic rings. The number of hydrogen-bond acceptors (Lipinski definition) is 5. The van der Waals surface area contributed by atoms with Crippen LogP contribution in [0.15, 0.2) is 59.7 Å². The molecule has 3 aliphatic heterocycles. The second-order valence-electron chi connectivity index (χ2n) is 10.4. The number of esters is 1. The number of hydrogen-bond donors (Lipinski definition) is 0. The molecule has 0 bridgehead atoms. The molecule has 2 aromatic carbocycles. The molecule has 0 aliphatic carbocycles. The number of rotatable bonds is 5. The minimum atomic E-state index is -4.41. The second kappa shape index (κ2) is 10.8. The van der Waals surface area contributed by atoms with Crippen LogP contribution in [0.25, 0.3) is 0 Å². The first kappa shape index (κ1) is 27.5. The first-order valence-corrected chi connectivity index (χ1v) is 13.6. The standard InChI is InChI=1S/C29H31ClF3N3O3/c1-20-25(26(37)36-16-14-35(15-17-36)24-7-3-5-22(19-24)29(31,32)33)28(39-27(20)38)9-12-34(13-10-28)11-8-21-4-2-6-23(30)18-21/h2-7,18-19H,8-17H2,1H3. The van der Waals surface area contributed by atoms with Gasteiger partial charge in [-0.2, -0.15) is 13.2 Å². The van der Waals surface area contributed by atoms with Crippen LogP contribution in [0.5, 0.6) is 0 Å². The maximum absolute atomic E-state index is 13.7. The molecule has 6 nitrogen and oxygen atoms in total. The Hall–Kier alpha value is -3.04. The number of amides is 1. The van der Waals surface area contributed by atoms with Crippen LogP contribution < -0.4 is 4.90 Å². The van der Waals surface area contributed by atoms with Crippen LogP contribution in [0.4, 0.5) is 18.9 Å². The Morgan fingerprint density at radius 3 is 2.36 bits per heavy atom. The van der Waals surface area contributed by atoms with Crippen molar-refractivity contribution >= 4 is 29.2 Å². The van der Waals surface area contributed by atoms with Crippen LogP contribution in [0, 0.1) is 0 Å². The fourth-order valence-corrected chi connectivity index (χ4v) is 5.99. The third-order valence-electron chi connectivity index (χ3n) is 8.01. The van der Waals surface area contributed by atoms with Gasteiger partial charge in [0.05, 0.1) is 11.1 Å². The summed E-state index contributed by atoms with van der Waals surface area (Å²) in [7, 11) is 0. The molecule has 0 aromatic heterocycles. The number of anilines is 1. The number of carbonyl (C=O) groups is 2. The van der Waals surface area contributed by atoms with Crippen LogP contribution in [0.3, 0.4) is 0 Å². The van der Waals surface area contributed by atoms with E-state index in [2.05, 4.69) is 4.90 Å². The molecule has 0 unspecified atom stereocenters. The number of benzene rings is 2. The number of halogens is 4. The van der Waals surface area contributed by atoms with E-state index in [1.165, 1.54) is 6.07 Å². The Morgan fingerprint density at radius 1 is 1.00 bits per heavy atom. The highest BCUT2D eigenvalue weighted by Crippen LogP contribution is 2.42. The summed E-state index contributed by atoms with van der Waals surface area (Å²) in [5.41, 5.74) is 0.811. The summed E-state index contributed by atoms with van der Waals surface area (Å²) in [6.07, 6.45) is -2.48. The number of ether oxygens (including phenoxy) is 1. The largest absolute Gasteiger partial charge is 0.450 e. The van der Waals surface area contributed by atoms with E-state index in [1.54, 1.807) is 17.9 Å². The third kappa shape index (κ3) is 5.79. The summed E-state index contributed by atoms with van der Waals surface area (Å²) in [4.78, 5) is 32.2. The van der Waals surface area contributed by atoms with Crippen LogP contribution in [-0.4, -0.2) is 73.1 Å². The zero-order chi connectivity index (χ0) is 27.8. The molecule has 0 N–H and O–H groups in total. The van der Waals surface area contributed by atoms with Gasteiger partial charge in [0, 0.05) is 74.9 Å². The van der Waals surface area contributed by atoms with Gasteiger partial charge in [-0.1, -0.05) is 29.8 Å². The van der Waals surface area contributed by atoms with Crippen molar-refractivity contribution < 1.29 is 27.5 Å². The van der Waals surface area contributed by atoms with Gasteiger partial charge in [-0.05, 0) is 49.2 Å². The molecule has 39 heavy (non-hydrogen) atoms. The van der Waals surface area contributed by atoms with Crippen LogP contribution >= 0.6 is 11.6 Å². The molecule has 2 saturated heterocycles. The quantitative estimate of drug-likeness (QED) is 0.483. The fraction of sp³-hybridized carbons (Fsp3) is 0.448. The molecule has 3 heterocycles. The number of alkyl halides is 3. The second-order valence-corrected chi connectivity index (χ2v) is 10.9. The van der Waals surface area contributed by atoms with Gasteiger partial charge in [-0.15, -0.1) is 0 Å². The SMILES string of the molecule is CC1=C(C(=O)N2CCN(c3cccc(C(F)(F)F)c3)CC2)C2(CCN(CCc3cccc(Cl)c3)CC2)OC1=O. The summed E-state index contributed by atoms with van der Waals surface area (Å²) < 4.78 is 45.3. The average Bonchev–Trinajstić information content (AvgIpc) is 3.16. The monoisotopic (exact) mass is 561 g/mol. The van der Waals surface area contributed by atoms with Crippen molar-refractivity contribution in [3.63, 3.8) is 0 Å². The van der Waals surface area contributed by atoms with E-state index in [0.29, 0.717) is 74.0 Å². The van der Waals surface area contributed by atoms with Crippen LogP contribution in [-0.2, 0) is 26.9 Å². The highest BCUT2D eigenvalue weighted by molar-refractivity contribution is 6.30. The molecular weight excluding hydrogens is 531 g/mol. The van der Waals surface area contributed by atoms with E-state index in [4.69, 9.17) is 16.3 Å². The summed E-state index contributed by atoms with van der Waals surface area (Å²) in [5.74, 6) is -0.664. The molecule has 1 spiro atoms. The first-order valence-electron chi connectivity index (χ1n) is 13.2. The topological polar surface area (TPSA) is 53.1 Å². The van der Waals surface area contributed by atoms with Gasteiger partial charge in [0.1, 0.15) is 5.60 Å². The van der Waals surface area contributed by atoms with Crippen molar-refractivity contribution in [2.24, 2.45) is 0 Å². The molecular formula is C29H31ClF3N3O3. The number of nitrogens with zero attached hydrogens (tertiary/aromatic N) is 3. The van der Waals surface area contributed by atoms with Crippen molar-refractivity contribution in [2.45, 2.75) is 38.0 Å². The molecule has 5 rings (SSSR count). The average molecular weight is 562 g/mol. The molecule has 0 saturated carbocycles. The van der Waals surface area contributed by atoms with Gasteiger partial charge in [0.25, 0.3) is 5.91 Å². The van der Waals surface area contributed by atoms with Crippen LogP contribution in [0.2, 0.25) is 5.02 Å². The third-order valence-corrected chi connectivity index (χ3v) is 8.25. The summed E-state index contributed by atoms with van der Waals surface area (Å²) in [5, 5.41) is 0.711. The lowest BCUT2D eigenvalue weighted by atomic mass is 9.82. The van der Waals surface area contributed by atoms with E-state index in [1.807, 2.05) is 29.2 Å². The van der Waals surface area contributed by atoms with Gasteiger partial charge >= 0.3 is 12.1 Å². The zero-order valence-electron chi connectivity index (χ0n) is 21.8. The molecule has 0 atom stereocenters. The number of piperidine rings is 1. The highest BCUT2D eigenvalue weighted by atomic mass is 35.5. The Bertz CT molecular complexity index is 1280. The fourth-order valence-electron chi connectivity index (χ4n) is 5.78. The lowest BCUT2D eigenvalue weighted by Gasteiger charge is -2.42. The van der Waals surface area contributed by atoms with Gasteiger partial charge < -0.3 is 19.4 Å².